The highest BCUT2D eigenvalue weighted by molar-refractivity contribution is 5.11. The summed E-state index contributed by atoms with van der Waals surface area (Å²) in [5.41, 5.74) is 0. The monoisotopic (exact) mass is 166 g/mol. The Morgan fingerprint density at radius 2 is 1.67 bits per heavy atom. The Morgan fingerprint density at radius 3 is 2.17 bits per heavy atom. The van der Waals surface area contributed by atoms with Crippen molar-refractivity contribution in [2.45, 2.75) is 0 Å². The van der Waals surface area contributed by atoms with E-state index < -0.39 is 0 Å². The fourth-order valence-corrected chi connectivity index (χ4v) is 1.11. The predicted molar refractivity (Wildman–Crippen MR) is 50.3 cm³/mol. The van der Waals surface area contributed by atoms with E-state index in [0.29, 0.717) is 0 Å². The molecule has 0 saturated carbocycles. The Labute approximate surface area is 74.0 Å². The van der Waals surface area contributed by atoms with E-state index in [1.807, 2.05) is 12.2 Å². The maximum absolute atomic E-state index is 5.05. The van der Waals surface area contributed by atoms with Crippen LogP contribution in [0.1, 0.15) is 0 Å². The minimum Gasteiger partial charge on any atom is -0.379 e. The van der Waals surface area contributed by atoms with E-state index in [1.165, 1.54) is 0 Å². The molecule has 0 aromatic heterocycles. The van der Waals surface area contributed by atoms with Crippen LogP contribution in [0.5, 0.6) is 0 Å². The molecule has 12 heavy (non-hydrogen) atoms. The third-order valence-corrected chi connectivity index (χ3v) is 1.96. The van der Waals surface area contributed by atoms with Crippen LogP contribution < -0.4 is 0 Å². The van der Waals surface area contributed by atoms with E-state index in [2.05, 4.69) is 31.6 Å². The molecule has 0 saturated heterocycles. The largest absolute Gasteiger partial charge is 0.379 e. The number of hydrogen-bond donors (Lipinski definition) is 0. The first-order valence-electron chi connectivity index (χ1n) is 4.14. The second-order valence-corrected chi connectivity index (χ2v) is 3.13. The van der Waals surface area contributed by atoms with Crippen LogP contribution in [0.25, 0.3) is 0 Å². The first-order chi connectivity index (χ1) is 5.77. The summed E-state index contributed by atoms with van der Waals surface area (Å²) in [7, 11) is 3.88. The fraction of sp³-hybridized carbons (Fsp3) is 0.400. The molecular weight excluding hydrogens is 150 g/mol. The topological polar surface area (TPSA) is 9.23 Å². The summed E-state index contributed by atoms with van der Waals surface area (Å²) in [6.45, 7) is 1.76. The van der Waals surface area contributed by atoms with Gasteiger partial charge < -0.3 is 4.74 Å². The standard InChI is InChI=1S/C10H16NO/c1-11(9-10-12-2)7-5-3-4-6-8-11/h3-8H,9-10H2,1-2H3/q+1. The van der Waals surface area contributed by atoms with Gasteiger partial charge in [-0.3, -0.25) is 4.48 Å². The lowest BCUT2D eigenvalue weighted by atomic mass is 10.4. The molecule has 1 rings (SSSR count). The van der Waals surface area contributed by atoms with Gasteiger partial charge in [0.25, 0.3) is 0 Å². The Balaban J connectivity index is 2.57. The smallest absolute Gasteiger partial charge is 0.111 e. The molecule has 1 aliphatic rings. The van der Waals surface area contributed by atoms with Gasteiger partial charge in [0.15, 0.2) is 0 Å². The third kappa shape index (κ3) is 2.64. The summed E-state index contributed by atoms with van der Waals surface area (Å²) in [5, 5.41) is 0. The van der Waals surface area contributed by atoms with Crippen molar-refractivity contribution in [2.24, 2.45) is 0 Å². The van der Waals surface area contributed by atoms with E-state index in [1.54, 1.807) is 7.11 Å². The van der Waals surface area contributed by atoms with Gasteiger partial charge in [-0.25, -0.2) is 0 Å². The number of hydrogen-bond acceptors (Lipinski definition) is 1. The Bertz CT molecular complexity index is 200. The van der Waals surface area contributed by atoms with Crippen molar-refractivity contribution >= 4 is 0 Å². The number of methoxy groups -OCH3 is 1. The predicted octanol–water partition coefficient (Wildman–Crippen LogP) is 1.68. The molecule has 0 aliphatic carbocycles. The SMILES string of the molecule is COCC[N+]1(C)C=CC=CC=C1. The summed E-state index contributed by atoms with van der Waals surface area (Å²) in [6, 6.07) is 0. The maximum Gasteiger partial charge on any atom is 0.111 e. The second-order valence-electron chi connectivity index (χ2n) is 3.13. The molecule has 0 amide bonds. The van der Waals surface area contributed by atoms with E-state index in [-0.39, 0.29) is 0 Å². The molecule has 0 aromatic rings. The number of ether oxygens (including phenoxy) is 1. The van der Waals surface area contributed by atoms with Crippen LogP contribution >= 0.6 is 0 Å². The molecule has 1 aliphatic heterocycles. The number of rotatable bonds is 3. The van der Waals surface area contributed by atoms with Gasteiger partial charge in [-0.05, 0) is 12.2 Å². The molecule has 0 N–H and O–H groups in total. The second kappa shape index (κ2) is 4.24. The molecule has 2 nitrogen and oxygen atoms in total. The summed E-state index contributed by atoms with van der Waals surface area (Å²) >= 11 is 0. The summed E-state index contributed by atoms with van der Waals surface area (Å²) in [6.07, 6.45) is 12.5. The minimum absolute atomic E-state index is 0.783. The van der Waals surface area contributed by atoms with E-state index in [0.717, 1.165) is 17.6 Å². The Morgan fingerprint density at radius 1 is 1.08 bits per heavy atom. The quantitative estimate of drug-likeness (QED) is 0.580. The van der Waals surface area contributed by atoms with Crippen molar-refractivity contribution in [3.63, 3.8) is 0 Å². The third-order valence-electron chi connectivity index (χ3n) is 1.96. The van der Waals surface area contributed by atoms with Crippen molar-refractivity contribution in [3.05, 3.63) is 36.7 Å². The van der Waals surface area contributed by atoms with Crippen molar-refractivity contribution < 1.29 is 9.22 Å². The zero-order chi connectivity index (χ0) is 8.86. The van der Waals surface area contributed by atoms with Crippen LogP contribution in [-0.2, 0) is 4.74 Å². The van der Waals surface area contributed by atoms with Crippen molar-refractivity contribution in [1.29, 1.82) is 0 Å². The Hall–Kier alpha value is -0.860. The molecule has 0 bridgehead atoms. The van der Waals surface area contributed by atoms with E-state index in [4.69, 9.17) is 4.74 Å². The lowest BCUT2D eigenvalue weighted by Crippen LogP contribution is -2.35. The van der Waals surface area contributed by atoms with Gasteiger partial charge in [-0.1, -0.05) is 12.2 Å². The van der Waals surface area contributed by atoms with Gasteiger partial charge in [-0.15, -0.1) is 0 Å². The first kappa shape index (κ1) is 9.23. The molecule has 0 unspecified atom stereocenters. The zero-order valence-corrected chi connectivity index (χ0v) is 7.73. The van der Waals surface area contributed by atoms with Gasteiger partial charge >= 0.3 is 0 Å². The molecular formula is C10H16NO+. The van der Waals surface area contributed by atoms with Crippen LogP contribution in [0.3, 0.4) is 0 Å². The molecule has 0 radical (unpaired) electrons. The molecule has 0 atom stereocenters. The lowest BCUT2D eigenvalue weighted by Gasteiger charge is -2.24. The van der Waals surface area contributed by atoms with E-state index in [9.17, 15) is 0 Å². The van der Waals surface area contributed by atoms with Gasteiger partial charge in [0.1, 0.15) is 18.9 Å². The molecule has 2 heteroatoms. The maximum atomic E-state index is 5.05. The summed E-state index contributed by atoms with van der Waals surface area (Å²) in [5.74, 6) is 0. The normalized spacial score (nSPS) is 19.5. The molecule has 0 fully saturated rings. The average molecular weight is 166 g/mol. The number of allylic oxidation sites excluding steroid dienone is 4. The lowest BCUT2D eigenvalue weighted by molar-refractivity contribution is -0.807. The number of quaternary nitrogens is 1. The van der Waals surface area contributed by atoms with Gasteiger partial charge in [0.05, 0.1) is 13.7 Å². The van der Waals surface area contributed by atoms with Crippen molar-refractivity contribution in [3.8, 4) is 0 Å². The highest BCUT2D eigenvalue weighted by atomic mass is 16.5. The molecule has 1 heterocycles. The summed E-state index contributed by atoms with van der Waals surface area (Å²) in [4.78, 5) is 0. The van der Waals surface area contributed by atoms with Crippen LogP contribution in [-0.4, -0.2) is 31.8 Å². The van der Waals surface area contributed by atoms with Gasteiger partial charge in [0.2, 0.25) is 0 Å². The number of nitrogens with zero attached hydrogens (tertiary/aromatic N) is 1. The summed E-state index contributed by atoms with van der Waals surface area (Å²) < 4.78 is 5.85. The minimum atomic E-state index is 0.783. The van der Waals surface area contributed by atoms with Crippen LogP contribution in [0.2, 0.25) is 0 Å². The van der Waals surface area contributed by atoms with Crippen LogP contribution in [0.4, 0.5) is 0 Å². The van der Waals surface area contributed by atoms with Crippen molar-refractivity contribution in [1.82, 2.24) is 0 Å². The molecule has 66 valence electrons. The van der Waals surface area contributed by atoms with Crippen LogP contribution in [0, 0.1) is 0 Å². The zero-order valence-electron chi connectivity index (χ0n) is 7.73. The molecule has 0 aromatic carbocycles. The average Bonchev–Trinajstić information content (AvgIpc) is 2.27. The van der Waals surface area contributed by atoms with Crippen molar-refractivity contribution in [2.75, 3.05) is 27.3 Å². The highest BCUT2D eigenvalue weighted by Crippen LogP contribution is 2.08. The van der Waals surface area contributed by atoms with Crippen LogP contribution in [0.15, 0.2) is 36.7 Å². The Kier molecular flexibility index (Phi) is 3.26. The molecule has 0 spiro atoms. The first-order valence-corrected chi connectivity index (χ1v) is 4.14. The van der Waals surface area contributed by atoms with Gasteiger partial charge in [-0.2, -0.15) is 0 Å². The van der Waals surface area contributed by atoms with Gasteiger partial charge in [0, 0.05) is 7.11 Å². The number of likely N-dealkylation sites (N-methyl/N-ethyl adjacent to an activating group) is 1. The fourth-order valence-electron chi connectivity index (χ4n) is 1.11. The highest BCUT2D eigenvalue weighted by Gasteiger charge is 2.14. The van der Waals surface area contributed by atoms with E-state index >= 15 is 0 Å².